The summed E-state index contributed by atoms with van der Waals surface area (Å²) in [4.78, 5) is 4.67. The van der Waals surface area contributed by atoms with Gasteiger partial charge in [-0.15, -0.1) is 24.0 Å². The van der Waals surface area contributed by atoms with Gasteiger partial charge in [-0.3, -0.25) is 0 Å². The summed E-state index contributed by atoms with van der Waals surface area (Å²) >= 11 is 0. The zero-order valence-corrected chi connectivity index (χ0v) is 14.6. The van der Waals surface area contributed by atoms with E-state index < -0.39 is 0 Å². The van der Waals surface area contributed by atoms with E-state index in [0.717, 1.165) is 19.0 Å². The number of rotatable bonds is 4. The molecule has 1 aliphatic rings. The van der Waals surface area contributed by atoms with Crippen LogP contribution in [0.3, 0.4) is 0 Å². The molecule has 0 amide bonds. The van der Waals surface area contributed by atoms with E-state index in [2.05, 4.69) is 46.8 Å². The van der Waals surface area contributed by atoms with Gasteiger partial charge in [0.05, 0.1) is 6.54 Å². The predicted molar refractivity (Wildman–Crippen MR) is 96.7 cm³/mol. The minimum absolute atomic E-state index is 0. The SMILES string of the molecule is CCNC(=NCc1ccccc1)NC1CCCCC1.I. The van der Waals surface area contributed by atoms with Gasteiger partial charge in [0.25, 0.3) is 0 Å². The van der Waals surface area contributed by atoms with Crippen LogP contribution >= 0.6 is 24.0 Å². The van der Waals surface area contributed by atoms with Crippen LogP contribution in [0.15, 0.2) is 35.3 Å². The summed E-state index contributed by atoms with van der Waals surface area (Å²) < 4.78 is 0. The highest BCUT2D eigenvalue weighted by Gasteiger charge is 2.14. The molecule has 1 aliphatic carbocycles. The van der Waals surface area contributed by atoms with Gasteiger partial charge in [-0.1, -0.05) is 49.6 Å². The van der Waals surface area contributed by atoms with E-state index in [1.807, 2.05) is 6.07 Å². The van der Waals surface area contributed by atoms with E-state index in [1.165, 1.54) is 37.7 Å². The molecule has 1 aromatic carbocycles. The molecule has 0 spiro atoms. The van der Waals surface area contributed by atoms with Crippen LogP contribution in [-0.4, -0.2) is 18.5 Å². The third-order valence-corrected chi connectivity index (χ3v) is 3.55. The first-order valence-corrected chi connectivity index (χ1v) is 7.47. The van der Waals surface area contributed by atoms with E-state index in [4.69, 9.17) is 0 Å². The molecule has 20 heavy (non-hydrogen) atoms. The van der Waals surface area contributed by atoms with E-state index >= 15 is 0 Å². The molecule has 0 saturated heterocycles. The fourth-order valence-corrected chi connectivity index (χ4v) is 2.51. The number of halogens is 1. The van der Waals surface area contributed by atoms with Gasteiger partial charge in [-0.2, -0.15) is 0 Å². The molecule has 3 nitrogen and oxygen atoms in total. The van der Waals surface area contributed by atoms with Crippen molar-refractivity contribution in [1.29, 1.82) is 0 Å². The van der Waals surface area contributed by atoms with Crippen LogP contribution in [0.2, 0.25) is 0 Å². The Hall–Kier alpha value is -0.780. The minimum Gasteiger partial charge on any atom is -0.357 e. The number of guanidine groups is 1. The van der Waals surface area contributed by atoms with E-state index in [1.54, 1.807) is 0 Å². The summed E-state index contributed by atoms with van der Waals surface area (Å²) in [5.74, 6) is 0.957. The topological polar surface area (TPSA) is 36.4 Å². The van der Waals surface area contributed by atoms with Crippen molar-refractivity contribution in [1.82, 2.24) is 10.6 Å². The minimum atomic E-state index is 0. The average molecular weight is 387 g/mol. The first-order valence-electron chi connectivity index (χ1n) is 7.47. The van der Waals surface area contributed by atoms with Crippen LogP contribution in [0, 0.1) is 0 Å². The number of benzene rings is 1. The Labute approximate surface area is 139 Å². The van der Waals surface area contributed by atoms with Crippen LogP contribution in [0.1, 0.15) is 44.6 Å². The maximum absolute atomic E-state index is 4.67. The van der Waals surface area contributed by atoms with Crippen molar-refractivity contribution in [3.63, 3.8) is 0 Å². The maximum Gasteiger partial charge on any atom is 0.191 e. The van der Waals surface area contributed by atoms with E-state index in [9.17, 15) is 0 Å². The second-order valence-electron chi connectivity index (χ2n) is 5.16. The maximum atomic E-state index is 4.67. The Kier molecular flexibility index (Phi) is 8.65. The molecule has 0 radical (unpaired) electrons. The van der Waals surface area contributed by atoms with Gasteiger partial charge in [-0.25, -0.2) is 4.99 Å². The van der Waals surface area contributed by atoms with Crippen molar-refractivity contribution in [3.05, 3.63) is 35.9 Å². The molecule has 0 aromatic heterocycles. The van der Waals surface area contributed by atoms with E-state index in [0.29, 0.717) is 6.04 Å². The lowest BCUT2D eigenvalue weighted by molar-refractivity contribution is 0.410. The van der Waals surface area contributed by atoms with Crippen molar-refractivity contribution in [2.24, 2.45) is 4.99 Å². The molecule has 0 atom stereocenters. The lowest BCUT2D eigenvalue weighted by Gasteiger charge is -2.24. The first-order chi connectivity index (χ1) is 9.38. The molecule has 112 valence electrons. The van der Waals surface area contributed by atoms with Gasteiger partial charge in [0.1, 0.15) is 0 Å². The highest BCUT2D eigenvalue weighted by atomic mass is 127. The van der Waals surface area contributed by atoms with Crippen LogP contribution < -0.4 is 10.6 Å². The lowest BCUT2D eigenvalue weighted by Crippen LogP contribution is -2.44. The highest BCUT2D eigenvalue weighted by molar-refractivity contribution is 14.0. The largest absolute Gasteiger partial charge is 0.357 e. The molecular weight excluding hydrogens is 361 g/mol. The smallest absolute Gasteiger partial charge is 0.191 e. The predicted octanol–water partition coefficient (Wildman–Crippen LogP) is 3.69. The number of hydrogen-bond acceptors (Lipinski definition) is 1. The Morgan fingerprint density at radius 2 is 1.85 bits per heavy atom. The molecule has 0 bridgehead atoms. The second kappa shape index (κ2) is 10.0. The summed E-state index contributed by atoms with van der Waals surface area (Å²) in [5, 5.41) is 6.91. The quantitative estimate of drug-likeness (QED) is 0.470. The van der Waals surface area contributed by atoms with Gasteiger partial charge in [0.2, 0.25) is 0 Å². The van der Waals surface area contributed by atoms with Gasteiger partial charge in [0.15, 0.2) is 5.96 Å². The number of aliphatic imine (C=N–C) groups is 1. The number of nitrogens with one attached hydrogen (secondary N) is 2. The van der Waals surface area contributed by atoms with Crippen molar-refractivity contribution in [2.45, 2.75) is 51.6 Å². The van der Waals surface area contributed by atoms with Crippen LogP contribution in [0.25, 0.3) is 0 Å². The normalized spacial score (nSPS) is 16.4. The second-order valence-corrected chi connectivity index (χ2v) is 5.16. The van der Waals surface area contributed by atoms with Crippen LogP contribution in [0.4, 0.5) is 0 Å². The Bertz CT molecular complexity index is 386. The average Bonchev–Trinajstić information content (AvgIpc) is 2.47. The van der Waals surface area contributed by atoms with Crippen molar-refractivity contribution in [3.8, 4) is 0 Å². The third kappa shape index (κ3) is 6.11. The molecular formula is C16H26IN3. The van der Waals surface area contributed by atoms with Gasteiger partial charge < -0.3 is 10.6 Å². The zero-order chi connectivity index (χ0) is 13.3. The Morgan fingerprint density at radius 3 is 2.50 bits per heavy atom. The summed E-state index contributed by atoms with van der Waals surface area (Å²) in [7, 11) is 0. The van der Waals surface area contributed by atoms with Crippen LogP contribution in [-0.2, 0) is 6.54 Å². The van der Waals surface area contributed by atoms with Crippen molar-refractivity contribution in [2.75, 3.05) is 6.54 Å². The molecule has 1 saturated carbocycles. The van der Waals surface area contributed by atoms with Gasteiger partial charge >= 0.3 is 0 Å². The molecule has 1 fully saturated rings. The highest BCUT2D eigenvalue weighted by Crippen LogP contribution is 2.17. The summed E-state index contributed by atoms with van der Waals surface area (Å²) in [6.45, 7) is 3.76. The standard InChI is InChI=1S/C16H25N3.HI/c1-2-17-16(19-15-11-7-4-8-12-15)18-13-14-9-5-3-6-10-14;/h3,5-6,9-10,15H,2,4,7-8,11-13H2,1H3,(H2,17,18,19);1H. The summed E-state index contributed by atoms with van der Waals surface area (Å²) in [6.07, 6.45) is 6.62. The first kappa shape index (κ1) is 17.3. The monoisotopic (exact) mass is 387 g/mol. The van der Waals surface area contributed by atoms with Gasteiger partial charge in [-0.05, 0) is 25.3 Å². The Balaban J connectivity index is 0.00000200. The lowest BCUT2D eigenvalue weighted by atomic mass is 9.96. The van der Waals surface area contributed by atoms with Gasteiger partial charge in [0, 0.05) is 12.6 Å². The van der Waals surface area contributed by atoms with E-state index in [-0.39, 0.29) is 24.0 Å². The fourth-order valence-electron chi connectivity index (χ4n) is 2.51. The molecule has 4 heteroatoms. The Morgan fingerprint density at radius 1 is 1.15 bits per heavy atom. The molecule has 2 rings (SSSR count). The van der Waals surface area contributed by atoms with Crippen LogP contribution in [0.5, 0.6) is 0 Å². The fraction of sp³-hybridized carbons (Fsp3) is 0.562. The summed E-state index contributed by atoms with van der Waals surface area (Å²) in [6, 6.07) is 11.0. The zero-order valence-electron chi connectivity index (χ0n) is 12.3. The molecule has 1 aromatic rings. The third-order valence-electron chi connectivity index (χ3n) is 3.55. The molecule has 2 N–H and O–H groups in total. The molecule has 0 aliphatic heterocycles. The molecule has 0 heterocycles. The summed E-state index contributed by atoms with van der Waals surface area (Å²) in [5.41, 5.74) is 1.25. The molecule has 0 unspecified atom stereocenters. The van der Waals surface area contributed by atoms with Crippen molar-refractivity contribution < 1.29 is 0 Å². The number of nitrogens with zero attached hydrogens (tertiary/aromatic N) is 1. The number of hydrogen-bond donors (Lipinski definition) is 2. The van der Waals surface area contributed by atoms with Crippen molar-refractivity contribution >= 4 is 29.9 Å².